The van der Waals surface area contributed by atoms with E-state index in [1.807, 2.05) is 24.3 Å². The fraction of sp³-hybridized carbons (Fsp3) is 0. The van der Waals surface area contributed by atoms with E-state index < -0.39 is 0 Å². The van der Waals surface area contributed by atoms with Crippen LogP contribution in [0.4, 0.5) is 0 Å². The number of rotatable bonds is 2. The van der Waals surface area contributed by atoms with Gasteiger partial charge >= 0.3 is 0 Å². The van der Waals surface area contributed by atoms with Crippen LogP contribution in [0, 0.1) is 0 Å². The number of halogens is 1. The van der Waals surface area contributed by atoms with Gasteiger partial charge in [-0.25, -0.2) is 0 Å². The standard InChI is InChI=1S/C20H11ClN2OS/c21-15-9-7-13(8-10-15)19-22-20(24-23-19)17-11-14-6-5-12-3-1-2-4-16(12)18(14)25-17/h1-11H. The maximum Gasteiger partial charge on any atom is 0.268 e. The van der Waals surface area contributed by atoms with Gasteiger partial charge in [-0.2, -0.15) is 4.98 Å². The third-order valence-electron chi connectivity index (χ3n) is 4.15. The second-order valence-corrected chi connectivity index (χ2v) is 7.23. The largest absolute Gasteiger partial charge is 0.333 e. The van der Waals surface area contributed by atoms with E-state index >= 15 is 0 Å². The van der Waals surface area contributed by atoms with Crippen LogP contribution >= 0.6 is 22.9 Å². The monoisotopic (exact) mass is 362 g/mol. The molecule has 0 unspecified atom stereocenters. The van der Waals surface area contributed by atoms with Crippen LogP contribution in [0.3, 0.4) is 0 Å². The van der Waals surface area contributed by atoms with Gasteiger partial charge < -0.3 is 4.52 Å². The highest BCUT2D eigenvalue weighted by Crippen LogP contribution is 2.37. The van der Waals surface area contributed by atoms with Gasteiger partial charge in [-0.05, 0) is 46.5 Å². The van der Waals surface area contributed by atoms with Crippen molar-refractivity contribution < 1.29 is 4.52 Å². The summed E-state index contributed by atoms with van der Waals surface area (Å²) in [6, 6.07) is 22.2. The molecule has 0 bridgehead atoms. The average molecular weight is 363 g/mol. The molecule has 0 amide bonds. The number of aromatic nitrogens is 2. The molecule has 5 rings (SSSR count). The summed E-state index contributed by atoms with van der Waals surface area (Å²) in [5, 5.41) is 8.45. The molecule has 0 aliphatic carbocycles. The second kappa shape index (κ2) is 5.69. The summed E-state index contributed by atoms with van der Waals surface area (Å²) in [7, 11) is 0. The van der Waals surface area contributed by atoms with E-state index in [1.165, 1.54) is 20.9 Å². The normalized spacial score (nSPS) is 11.4. The first-order chi connectivity index (χ1) is 12.3. The summed E-state index contributed by atoms with van der Waals surface area (Å²) >= 11 is 7.60. The molecule has 120 valence electrons. The number of hydrogen-bond donors (Lipinski definition) is 0. The Labute approximate surface area is 152 Å². The van der Waals surface area contributed by atoms with E-state index in [1.54, 1.807) is 11.3 Å². The van der Waals surface area contributed by atoms with E-state index in [0.29, 0.717) is 16.7 Å². The zero-order valence-corrected chi connectivity index (χ0v) is 14.5. The van der Waals surface area contributed by atoms with Gasteiger partial charge in [0.15, 0.2) is 0 Å². The number of thiophene rings is 1. The van der Waals surface area contributed by atoms with Crippen LogP contribution < -0.4 is 0 Å². The Morgan fingerprint density at radius 2 is 1.68 bits per heavy atom. The smallest absolute Gasteiger partial charge is 0.268 e. The SMILES string of the molecule is Clc1ccc(-c2noc(-c3cc4ccc5ccccc5c4s3)n2)cc1. The summed E-state index contributed by atoms with van der Waals surface area (Å²) in [5.41, 5.74) is 0.881. The third kappa shape index (κ3) is 2.51. The quantitative estimate of drug-likeness (QED) is 0.363. The van der Waals surface area contributed by atoms with Crippen molar-refractivity contribution in [3.63, 3.8) is 0 Å². The molecular formula is C20H11ClN2OS. The third-order valence-corrected chi connectivity index (χ3v) is 5.57. The van der Waals surface area contributed by atoms with Gasteiger partial charge in [0, 0.05) is 15.3 Å². The molecule has 0 aliphatic heterocycles. The predicted octanol–water partition coefficient (Wildman–Crippen LogP) is 6.42. The van der Waals surface area contributed by atoms with Crippen molar-refractivity contribution >= 4 is 43.8 Å². The van der Waals surface area contributed by atoms with Gasteiger partial charge in [-0.1, -0.05) is 53.2 Å². The van der Waals surface area contributed by atoms with Crippen LogP contribution in [0.25, 0.3) is 43.0 Å². The number of fused-ring (bicyclic) bond motifs is 3. The Kier molecular flexibility index (Phi) is 3.33. The van der Waals surface area contributed by atoms with Crippen molar-refractivity contribution in [2.45, 2.75) is 0 Å². The zero-order valence-electron chi connectivity index (χ0n) is 12.9. The van der Waals surface area contributed by atoms with Gasteiger partial charge in [0.1, 0.15) is 0 Å². The predicted molar refractivity (Wildman–Crippen MR) is 103 cm³/mol. The van der Waals surface area contributed by atoms with E-state index in [9.17, 15) is 0 Å². The first kappa shape index (κ1) is 14.6. The first-order valence-corrected chi connectivity index (χ1v) is 8.99. The van der Waals surface area contributed by atoms with Crippen molar-refractivity contribution in [1.29, 1.82) is 0 Å². The number of benzene rings is 3. The van der Waals surface area contributed by atoms with Crippen molar-refractivity contribution in [2.24, 2.45) is 0 Å². The van der Waals surface area contributed by atoms with Gasteiger partial charge in [0.05, 0.1) is 4.88 Å². The lowest BCUT2D eigenvalue weighted by atomic mass is 10.1. The van der Waals surface area contributed by atoms with Crippen molar-refractivity contribution in [2.75, 3.05) is 0 Å². The van der Waals surface area contributed by atoms with Crippen LogP contribution in [-0.2, 0) is 0 Å². The molecule has 0 aliphatic rings. The average Bonchev–Trinajstić information content (AvgIpc) is 3.29. The maximum atomic E-state index is 5.93. The molecule has 2 heterocycles. The Hall–Kier alpha value is -2.69. The van der Waals surface area contributed by atoms with E-state index in [0.717, 1.165) is 10.4 Å². The molecule has 25 heavy (non-hydrogen) atoms. The van der Waals surface area contributed by atoms with E-state index in [4.69, 9.17) is 16.1 Å². The molecule has 5 heteroatoms. The fourth-order valence-electron chi connectivity index (χ4n) is 2.91. The van der Waals surface area contributed by atoms with E-state index in [-0.39, 0.29) is 0 Å². The van der Waals surface area contributed by atoms with Crippen LogP contribution in [0.1, 0.15) is 0 Å². The van der Waals surface area contributed by atoms with Crippen molar-refractivity contribution in [3.8, 4) is 22.2 Å². The van der Waals surface area contributed by atoms with Gasteiger partial charge in [-0.15, -0.1) is 11.3 Å². The Balaban J connectivity index is 1.61. The highest BCUT2D eigenvalue weighted by molar-refractivity contribution is 7.23. The van der Waals surface area contributed by atoms with Crippen LogP contribution in [0.5, 0.6) is 0 Å². The molecule has 3 nitrogen and oxygen atoms in total. The molecule has 0 atom stereocenters. The van der Waals surface area contributed by atoms with Gasteiger partial charge in [0.25, 0.3) is 5.89 Å². The molecule has 3 aromatic carbocycles. The summed E-state index contributed by atoms with van der Waals surface area (Å²) in [5.74, 6) is 1.10. The Morgan fingerprint density at radius 3 is 2.56 bits per heavy atom. The number of nitrogens with zero attached hydrogens (tertiary/aromatic N) is 2. The van der Waals surface area contributed by atoms with Crippen LogP contribution in [0.15, 0.2) is 71.3 Å². The minimum Gasteiger partial charge on any atom is -0.333 e. The van der Waals surface area contributed by atoms with Gasteiger partial charge in [0.2, 0.25) is 5.82 Å². The summed E-state index contributed by atoms with van der Waals surface area (Å²) in [6.45, 7) is 0. The lowest BCUT2D eigenvalue weighted by Crippen LogP contribution is -1.79. The first-order valence-electron chi connectivity index (χ1n) is 7.79. The topological polar surface area (TPSA) is 38.9 Å². The Bertz CT molecular complexity index is 1210. The summed E-state index contributed by atoms with van der Waals surface area (Å²) < 4.78 is 6.73. The molecule has 0 saturated heterocycles. The van der Waals surface area contributed by atoms with Crippen molar-refractivity contribution in [1.82, 2.24) is 10.1 Å². The Morgan fingerprint density at radius 1 is 0.880 bits per heavy atom. The lowest BCUT2D eigenvalue weighted by molar-refractivity contribution is 0.433. The molecule has 0 spiro atoms. The highest BCUT2D eigenvalue weighted by atomic mass is 35.5. The summed E-state index contributed by atoms with van der Waals surface area (Å²) in [6.07, 6.45) is 0. The molecule has 0 saturated carbocycles. The minimum atomic E-state index is 0.537. The highest BCUT2D eigenvalue weighted by Gasteiger charge is 2.14. The minimum absolute atomic E-state index is 0.537. The maximum absolute atomic E-state index is 5.93. The molecule has 5 aromatic rings. The molecule has 0 fully saturated rings. The lowest BCUT2D eigenvalue weighted by Gasteiger charge is -1.97. The number of hydrogen-bond acceptors (Lipinski definition) is 4. The van der Waals surface area contributed by atoms with Gasteiger partial charge in [-0.3, -0.25) is 0 Å². The zero-order chi connectivity index (χ0) is 16.8. The fourth-order valence-corrected chi connectivity index (χ4v) is 4.16. The van der Waals surface area contributed by atoms with Crippen LogP contribution in [0.2, 0.25) is 5.02 Å². The van der Waals surface area contributed by atoms with Crippen LogP contribution in [-0.4, -0.2) is 10.1 Å². The summed E-state index contributed by atoms with van der Waals surface area (Å²) in [4.78, 5) is 5.52. The second-order valence-electron chi connectivity index (χ2n) is 5.75. The molecule has 0 radical (unpaired) electrons. The molecular weight excluding hydrogens is 352 g/mol. The van der Waals surface area contributed by atoms with E-state index in [2.05, 4.69) is 52.6 Å². The molecule has 2 aromatic heterocycles. The van der Waals surface area contributed by atoms with Crippen molar-refractivity contribution in [3.05, 3.63) is 71.8 Å². The molecule has 0 N–H and O–H groups in total.